The summed E-state index contributed by atoms with van der Waals surface area (Å²) in [5.41, 5.74) is 12.1. The molecule has 0 fully saturated rings. The third-order valence-electron chi connectivity index (χ3n) is 3.27. The molecular weight excluding hydrogens is 220 g/mol. The van der Waals surface area contributed by atoms with Gasteiger partial charge >= 0.3 is 0 Å². The molecule has 2 N–H and O–H groups in total. The standard InChI is InChI=1S/C16H20N2/c1-4-13-6-5-7-14(9-13)15(17)16-12(3)8-11(2)10-18-16/h5-10,15H,4,17H2,1-3H3. The van der Waals surface area contributed by atoms with E-state index >= 15 is 0 Å². The van der Waals surface area contributed by atoms with Gasteiger partial charge in [-0.05, 0) is 42.5 Å². The summed E-state index contributed by atoms with van der Waals surface area (Å²) < 4.78 is 0. The van der Waals surface area contributed by atoms with Gasteiger partial charge in [-0.1, -0.05) is 37.3 Å². The highest BCUT2D eigenvalue weighted by atomic mass is 14.8. The molecular formula is C16H20N2. The Balaban J connectivity index is 2.37. The lowest BCUT2D eigenvalue weighted by Gasteiger charge is -2.15. The lowest BCUT2D eigenvalue weighted by atomic mass is 9.98. The molecule has 0 radical (unpaired) electrons. The molecule has 1 aromatic carbocycles. The van der Waals surface area contributed by atoms with E-state index in [1.165, 1.54) is 11.1 Å². The number of nitrogens with zero attached hydrogens (tertiary/aromatic N) is 1. The van der Waals surface area contributed by atoms with Crippen LogP contribution in [0.1, 0.15) is 40.9 Å². The molecule has 0 aliphatic heterocycles. The van der Waals surface area contributed by atoms with Gasteiger partial charge in [-0.2, -0.15) is 0 Å². The Labute approximate surface area is 109 Å². The van der Waals surface area contributed by atoms with Gasteiger partial charge in [-0.3, -0.25) is 4.98 Å². The van der Waals surface area contributed by atoms with Gasteiger partial charge in [0.05, 0.1) is 11.7 Å². The van der Waals surface area contributed by atoms with E-state index in [0.717, 1.165) is 23.2 Å². The van der Waals surface area contributed by atoms with E-state index in [9.17, 15) is 0 Å². The van der Waals surface area contributed by atoms with Gasteiger partial charge in [0.25, 0.3) is 0 Å². The zero-order valence-corrected chi connectivity index (χ0v) is 11.3. The zero-order valence-electron chi connectivity index (χ0n) is 11.3. The molecule has 1 heterocycles. The minimum atomic E-state index is -0.142. The summed E-state index contributed by atoms with van der Waals surface area (Å²) >= 11 is 0. The van der Waals surface area contributed by atoms with E-state index in [-0.39, 0.29) is 6.04 Å². The highest BCUT2D eigenvalue weighted by molar-refractivity contribution is 5.35. The summed E-state index contributed by atoms with van der Waals surface area (Å²) in [5, 5.41) is 0. The predicted octanol–water partition coefficient (Wildman–Crippen LogP) is 3.31. The third-order valence-corrected chi connectivity index (χ3v) is 3.27. The molecule has 18 heavy (non-hydrogen) atoms. The van der Waals surface area contributed by atoms with Crippen LogP contribution in [0.15, 0.2) is 36.5 Å². The van der Waals surface area contributed by atoms with Crippen LogP contribution in [0.2, 0.25) is 0 Å². The summed E-state index contributed by atoms with van der Waals surface area (Å²) in [4.78, 5) is 4.48. The third kappa shape index (κ3) is 2.59. The van der Waals surface area contributed by atoms with Crippen molar-refractivity contribution in [2.24, 2.45) is 5.73 Å². The summed E-state index contributed by atoms with van der Waals surface area (Å²) in [7, 11) is 0. The van der Waals surface area contributed by atoms with E-state index < -0.39 is 0 Å². The van der Waals surface area contributed by atoms with Crippen molar-refractivity contribution in [1.29, 1.82) is 0 Å². The van der Waals surface area contributed by atoms with Gasteiger partial charge in [-0.15, -0.1) is 0 Å². The van der Waals surface area contributed by atoms with Crippen molar-refractivity contribution in [3.8, 4) is 0 Å². The summed E-state index contributed by atoms with van der Waals surface area (Å²) in [6.07, 6.45) is 2.91. The van der Waals surface area contributed by atoms with E-state index in [0.29, 0.717) is 0 Å². The van der Waals surface area contributed by atoms with Crippen molar-refractivity contribution in [2.45, 2.75) is 33.2 Å². The van der Waals surface area contributed by atoms with Crippen LogP contribution in [-0.2, 0) is 6.42 Å². The SMILES string of the molecule is CCc1cccc(C(N)c2ncc(C)cc2C)c1. The van der Waals surface area contributed by atoms with Crippen molar-refractivity contribution in [3.63, 3.8) is 0 Å². The second-order valence-electron chi connectivity index (χ2n) is 4.79. The van der Waals surface area contributed by atoms with Crippen molar-refractivity contribution >= 4 is 0 Å². The molecule has 1 unspecified atom stereocenters. The van der Waals surface area contributed by atoms with E-state index in [4.69, 9.17) is 5.73 Å². The molecule has 0 saturated heterocycles. The molecule has 2 aromatic rings. The van der Waals surface area contributed by atoms with E-state index in [2.05, 4.69) is 49.2 Å². The van der Waals surface area contributed by atoms with Crippen molar-refractivity contribution in [3.05, 3.63) is 64.5 Å². The summed E-state index contributed by atoms with van der Waals surface area (Å²) in [6, 6.07) is 10.4. The van der Waals surface area contributed by atoms with Crippen molar-refractivity contribution < 1.29 is 0 Å². The normalized spacial score (nSPS) is 12.4. The Morgan fingerprint density at radius 2 is 2.00 bits per heavy atom. The van der Waals surface area contributed by atoms with Crippen LogP contribution in [0.25, 0.3) is 0 Å². The quantitative estimate of drug-likeness (QED) is 0.894. The second-order valence-corrected chi connectivity index (χ2v) is 4.79. The lowest BCUT2D eigenvalue weighted by molar-refractivity contribution is 0.813. The molecule has 0 saturated carbocycles. The Kier molecular flexibility index (Phi) is 3.78. The van der Waals surface area contributed by atoms with Crippen LogP contribution in [-0.4, -0.2) is 4.98 Å². The number of aromatic nitrogens is 1. The Morgan fingerprint density at radius 3 is 2.67 bits per heavy atom. The summed E-state index contributed by atoms with van der Waals surface area (Å²) in [5.74, 6) is 0. The molecule has 0 aliphatic carbocycles. The van der Waals surface area contributed by atoms with Crippen LogP contribution in [0.3, 0.4) is 0 Å². The Bertz CT molecular complexity index is 547. The maximum absolute atomic E-state index is 6.33. The fourth-order valence-corrected chi connectivity index (χ4v) is 2.22. The second kappa shape index (κ2) is 5.32. The first-order chi connectivity index (χ1) is 8.61. The first kappa shape index (κ1) is 12.8. The van der Waals surface area contributed by atoms with E-state index in [1.807, 2.05) is 13.1 Å². The smallest absolute Gasteiger partial charge is 0.0729 e. The van der Waals surface area contributed by atoms with Gasteiger partial charge in [0.2, 0.25) is 0 Å². The highest BCUT2D eigenvalue weighted by Crippen LogP contribution is 2.22. The number of nitrogens with two attached hydrogens (primary N) is 1. The lowest BCUT2D eigenvalue weighted by Crippen LogP contribution is -2.15. The fraction of sp³-hybridized carbons (Fsp3) is 0.312. The fourth-order valence-electron chi connectivity index (χ4n) is 2.22. The van der Waals surface area contributed by atoms with Crippen LogP contribution in [0, 0.1) is 13.8 Å². The van der Waals surface area contributed by atoms with Gasteiger partial charge in [0, 0.05) is 6.20 Å². The van der Waals surface area contributed by atoms with Gasteiger partial charge < -0.3 is 5.73 Å². The maximum atomic E-state index is 6.33. The average molecular weight is 240 g/mol. The number of pyridine rings is 1. The number of hydrogen-bond donors (Lipinski definition) is 1. The van der Waals surface area contributed by atoms with E-state index in [1.54, 1.807) is 0 Å². The van der Waals surface area contributed by atoms with Gasteiger partial charge in [-0.25, -0.2) is 0 Å². The average Bonchev–Trinajstić information content (AvgIpc) is 2.38. The molecule has 2 nitrogen and oxygen atoms in total. The predicted molar refractivity (Wildman–Crippen MR) is 75.6 cm³/mol. The number of hydrogen-bond acceptors (Lipinski definition) is 2. The van der Waals surface area contributed by atoms with Crippen molar-refractivity contribution in [2.75, 3.05) is 0 Å². The van der Waals surface area contributed by atoms with Crippen molar-refractivity contribution in [1.82, 2.24) is 4.98 Å². The molecule has 2 rings (SSSR count). The van der Waals surface area contributed by atoms with Gasteiger partial charge in [0.1, 0.15) is 0 Å². The monoisotopic (exact) mass is 240 g/mol. The largest absolute Gasteiger partial charge is 0.319 e. The topological polar surface area (TPSA) is 38.9 Å². The number of rotatable bonds is 3. The van der Waals surface area contributed by atoms with Crippen LogP contribution < -0.4 is 5.73 Å². The molecule has 2 heteroatoms. The minimum Gasteiger partial charge on any atom is -0.319 e. The molecule has 1 aromatic heterocycles. The van der Waals surface area contributed by atoms with Gasteiger partial charge in [0.15, 0.2) is 0 Å². The molecule has 0 spiro atoms. The van der Waals surface area contributed by atoms with Crippen LogP contribution in [0.4, 0.5) is 0 Å². The van der Waals surface area contributed by atoms with Crippen LogP contribution >= 0.6 is 0 Å². The Morgan fingerprint density at radius 1 is 1.22 bits per heavy atom. The molecule has 94 valence electrons. The maximum Gasteiger partial charge on any atom is 0.0729 e. The minimum absolute atomic E-state index is 0.142. The molecule has 1 atom stereocenters. The zero-order chi connectivity index (χ0) is 13.1. The number of aryl methyl sites for hydroxylation is 3. The number of benzene rings is 1. The Hall–Kier alpha value is -1.67. The molecule has 0 aliphatic rings. The first-order valence-corrected chi connectivity index (χ1v) is 6.39. The summed E-state index contributed by atoms with van der Waals surface area (Å²) in [6.45, 7) is 6.27. The molecule has 0 amide bonds. The highest BCUT2D eigenvalue weighted by Gasteiger charge is 2.13. The first-order valence-electron chi connectivity index (χ1n) is 6.39. The molecule has 0 bridgehead atoms. The van der Waals surface area contributed by atoms with Crippen LogP contribution in [0.5, 0.6) is 0 Å².